The smallest absolute Gasteiger partial charge is 0.224 e. The number of piperazine rings is 1. The summed E-state index contributed by atoms with van der Waals surface area (Å²) in [5.74, 6) is -0.0266. The number of hydrogen-bond donors (Lipinski definition) is 0. The van der Waals surface area contributed by atoms with Crippen LogP contribution >= 0.6 is 0 Å². The minimum Gasteiger partial charge on any atom is -0.371 e. The Morgan fingerprint density at radius 2 is 1.65 bits per heavy atom. The minimum absolute atomic E-state index is 0.174. The Labute approximate surface area is 154 Å². The zero-order valence-corrected chi connectivity index (χ0v) is 15.3. The lowest BCUT2D eigenvalue weighted by Crippen LogP contribution is -2.49. The molecular weight excluding hydrogens is 329 g/mol. The molecule has 26 heavy (non-hydrogen) atoms. The predicted octanol–water partition coefficient (Wildman–Crippen LogP) is 3.39. The Kier molecular flexibility index (Phi) is 6.10. The molecule has 0 bridgehead atoms. The number of anilines is 2. The molecule has 0 N–H and O–H groups in total. The third-order valence-corrected chi connectivity index (χ3v) is 4.92. The topological polar surface area (TPSA) is 26.8 Å². The SMILES string of the molecule is CCN(CCC(=O)N1CCN(c2ccccc2F)CC1)c1ccccc1. The van der Waals surface area contributed by atoms with Gasteiger partial charge in [0.05, 0.1) is 5.69 Å². The highest BCUT2D eigenvalue weighted by Crippen LogP contribution is 2.20. The van der Waals surface area contributed by atoms with Gasteiger partial charge in [0.2, 0.25) is 5.91 Å². The van der Waals surface area contributed by atoms with Gasteiger partial charge in [-0.3, -0.25) is 4.79 Å². The van der Waals surface area contributed by atoms with Crippen LogP contribution < -0.4 is 9.80 Å². The number of para-hydroxylation sites is 2. The average molecular weight is 355 g/mol. The lowest BCUT2D eigenvalue weighted by molar-refractivity contribution is -0.131. The summed E-state index contributed by atoms with van der Waals surface area (Å²) in [6, 6.07) is 17.0. The van der Waals surface area contributed by atoms with Gasteiger partial charge in [-0.1, -0.05) is 30.3 Å². The third kappa shape index (κ3) is 4.34. The van der Waals surface area contributed by atoms with Crippen molar-refractivity contribution in [1.29, 1.82) is 0 Å². The Bertz CT molecular complexity index is 714. The fourth-order valence-electron chi connectivity index (χ4n) is 3.40. The lowest BCUT2D eigenvalue weighted by Gasteiger charge is -2.36. The van der Waals surface area contributed by atoms with Crippen molar-refractivity contribution in [2.24, 2.45) is 0 Å². The number of carbonyl (C=O) groups excluding carboxylic acids is 1. The van der Waals surface area contributed by atoms with Gasteiger partial charge in [0.1, 0.15) is 5.82 Å². The lowest BCUT2D eigenvalue weighted by atomic mass is 10.2. The van der Waals surface area contributed by atoms with Crippen molar-refractivity contribution in [2.45, 2.75) is 13.3 Å². The van der Waals surface area contributed by atoms with Crippen molar-refractivity contribution in [1.82, 2.24) is 4.90 Å². The molecule has 0 saturated carbocycles. The first kappa shape index (κ1) is 18.2. The number of rotatable bonds is 6. The zero-order chi connectivity index (χ0) is 18.4. The monoisotopic (exact) mass is 355 g/mol. The van der Waals surface area contributed by atoms with E-state index in [1.807, 2.05) is 34.1 Å². The maximum atomic E-state index is 13.9. The molecule has 0 unspecified atom stereocenters. The van der Waals surface area contributed by atoms with Gasteiger partial charge in [-0.15, -0.1) is 0 Å². The molecule has 1 aliphatic rings. The second kappa shape index (κ2) is 8.70. The van der Waals surface area contributed by atoms with Crippen molar-refractivity contribution in [2.75, 3.05) is 49.1 Å². The molecule has 0 spiro atoms. The largest absolute Gasteiger partial charge is 0.371 e. The molecule has 0 radical (unpaired) electrons. The molecular formula is C21H26FN3O. The van der Waals surface area contributed by atoms with E-state index < -0.39 is 0 Å². The van der Waals surface area contributed by atoms with E-state index in [9.17, 15) is 9.18 Å². The van der Waals surface area contributed by atoms with Gasteiger partial charge < -0.3 is 14.7 Å². The van der Waals surface area contributed by atoms with Gasteiger partial charge in [-0.05, 0) is 31.2 Å². The van der Waals surface area contributed by atoms with E-state index in [0.717, 1.165) is 12.2 Å². The van der Waals surface area contributed by atoms with Gasteiger partial charge in [-0.25, -0.2) is 4.39 Å². The van der Waals surface area contributed by atoms with Crippen LogP contribution in [-0.4, -0.2) is 50.1 Å². The summed E-state index contributed by atoms with van der Waals surface area (Å²) in [7, 11) is 0. The molecule has 1 amide bonds. The van der Waals surface area contributed by atoms with E-state index in [1.54, 1.807) is 12.1 Å². The summed E-state index contributed by atoms with van der Waals surface area (Å²) < 4.78 is 13.9. The molecule has 0 atom stereocenters. The van der Waals surface area contributed by atoms with Crippen LogP contribution in [0.25, 0.3) is 0 Å². The third-order valence-electron chi connectivity index (χ3n) is 4.92. The molecule has 1 fully saturated rings. The summed E-state index contributed by atoms with van der Waals surface area (Å²) in [4.78, 5) is 18.7. The van der Waals surface area contributed by atoms with E-state index in [2.05, 4.69) is 24.0 Å². The number of halogens is 1. The first-order valence-corrected chi connectivity index (χ1v) is 9.26. The highest BCUT2D eigenvalue weighted by molar-refractivity contribution is 5.77. The first-order chi connectivity index (χ1) is 12.7. The van der Waals surface area contributed by atoms with Gasteiger partial charge in [0.15, 0.2) is 0 Å². The summed E-state index contributed by atoms with van der Waals surface area (Å²) in [5, 5.41) is 0. The van der Waals surface area contributed by atoms with Crippen LogP contribution in [0, 0.1) is 5.82 Å². The summed E-state index contributed by atoms with van der Waals surface area (Å²) in [6.45, 7) is 6.32. The van der Waals surface area contributed by atoms with Crippen LogP contribution in [-0.2, 0) is 4.79 Å². The van der Waals surface area contributed by atoms with Crippen molar-refractivity contribution in [3.8, 4) is 0 Å². The van der Waals surface area contributed by atoms with Gasteiger partial charge in [0, 0.05) is 51.4 Å². The number of hydrogen-bond acceptors (Lipinski definition) is 3. The second-order valence-electron chi connectivity index (χ2n) is 6.48. The molecule has 1 aliphatic heterocycles. The van der Waals surface area contributed by atoms with Crippen molar-refractivity contribution in [3.05, 3.63) is 60.4 Å². The fraction of sp³-hybridized carbons (Fsp3) is 0.381. The van der Waals surface area contributed by atoms with E-state index in [-0.39, 0.29) is 11.7 Å². The molecule has 3 rings (SSSR count). The Hall–Kier alpha value is -2.56. The van der Waals surface area contributed by atoms with Crippen LogP contribution in [0.3, 0.4) is 0 Å². The zero-order valence-electron chi connectivity index (χ0n) is 15.3. The molecule has 5 heteroatoms. The second-order valence-corrected chi connectivity index (χ2v) is 6.48. The minimum atomic E-state index is -0.200. The molecule has 4 nitrogen and oxygen atoms in total. The van der Waals surface area contributed by atoms with Crippen LogP contribution in [0.15, 0.2) is 54.6 Å². The normalized spacial score (nSPS) is 14.4. The van der Waals surface area contributed by atoms with Gasteiger partial charge in [-0.2, -0.15) is 0 Å². The predicted molar refractivity (Wildman–Crippen MR) is 104 cm³/mol. The quantitative estimate of drug-likeness (QED) is 0.795. The highest BCUT2D eigenvalue weighted by atomic mass is 19.1. The Morgan fingerprint density at radius 3 is 2.31 bits per heavy atom. The van der Waals surface area contributed by atoms with Crippen molar-refractivity contribution < 1.29 is 9.18 Å². The van der Waals surface area contributed by atoms with Crippen LogP contribution in [0.2, 0.25) is 0 Å². The summed E-state index contributed by atoms with van der Waals surface area (Å²) in [5.41, 5.74) is 1.77. The van der Waals surface area contributed by atoms with E-state index in [4.69, 9.17) is 0 Å². The molecule has 138 valence electrons. The van der Waals surface area contributed by atoms with E-state index >= 15 is 0 Å². The maximum absolute atomic E-state index is 13.9. The molecule has 0 aliphatic carbocycles. The highest BCUT2D eigenvalue weighted by Gasteiger charge is 2.22. The fourth-order valence-corrected chi connectivity index (χ4v) is 3.40. The van der Waals surface area contributed by atoms with Crippen molar-refractivity contribution in [3.63, 3.8) is 0 Å². The maximum Gasteiger partial charge on any atom is 0.224 e. The van der Waals surface area contributed by atoms with E-state index in [1.165, 1.54) is 6.07 Å². The molecule has 2 aromatic carbocycles. The Balaban J connectivity index is 1.50. The average Bonchev–Trinajstić information content (AvgIpc) is 2.70. The number of carbonyl (C=O) groups is 1. The number of nitrogens with zero attached hydrogens (tertiary/aromatic N) is 3. The standard InChI is InChI=1S/C21H26FN3O/c1-2-23(18-8-4-3-5-9-18)13-12-21(26)25-16-14-24(15-17-25)20-11-7-6-10-19(20)22/h3-11H,2,12-17H2,1H3. The van der Waals surface area contributed by atoms with Gasteiger partial charge in [0.25, 0.3) is 0 Å². The van der Waals surface area contributed by atoms with E-state index in [0.29, 0.717) is 44.8 Å². The molecule has 0 aromatic heterocycles. The van der Waals surface area contributed by atoms with Crippen LogP contribution in [0.5, 0.6) is 0 Å². The summed E-state index contributed by atoms with van der Waals surface area (Å²) in [6.07, 6.45) is 0.502. The van der Waals surface area contributed by atoms with Crippen LogP contribution in [0.4, 0.5) is 15.8 Å². The molecule has 1 saturated heterocycles. The number of amides is 1. The Morgan fingerprint density at radius 1 is 1.00 bits per heavy atom. The van der Waals surface area contributed by atoms with Crippen LogP contribution in [0.1, 0.15) is 13.3 Å². The molecule has 1 heterocycles. The summed E-state index contributed by atoms with van der Waals surface area (Å²) >= 11 is 0. The first-order valence-electron chi connectivity index (χ1n) is 9.26. The van der Waals surface area contributed by atoms with Gasteiger partial charge >= 0.3 is 0 Å². The number of benzene rings is 2. The molecule has 2 aromatic rings. The van der Waals surface area contributed by atoms with Crippen molar-refractivity contribution >= 4 is 17.3 Å².